The molecule has 4 nitrogen and oxygen atoms in total. The predicted molar refractivity (Wildman–Crippen MR) is 69.4 cm³/mol. The molecule has 0 bridgehead atoms. The van der Waals surface area contributed by atoms with E-state index < -0.39 is 0 Å². The maximum absolute atomic E-state index is 12.0. The van der Waals surface area contributed by atoms with Crippen LogP contribution < -0.4 is 10.1 Å². The number of halogens is 1. The molecule has 5 heteroatoms. The zero-order valence-corrected chi connectivity index (χ0v) is 10.4. The summed E-state index contributed by atoms with van der Waals surface area (Å²) in [5.74, 6) is 0.835. The van der Waals surface area contributed by atoms with Crippen molar-refractivity contribution in [1.82, 2.24) is 5.32 Å². The lowest BCUT2D eigenvalue weighted by Crippen LogP contribution is -2.33. The number of carbonyl (C=O) groups is 1. The van der Waals surface area contributed by atoms with E-state index in [9.17, 15) is 4.79 Å². The summed E-state index contributed by atoms with van der Waals surface area (Å²) in [5.41, 5.74) is 0.713. The molecule has 0 amide bonds. The van der Waals surface area contributed by atoms with Gasteiger partial charge in [-0.1, -0.05) is 0 Å². The average molecular weight is 255 g/mol. The van der Waals surface area contributed by atoms with Crippen LogP contribution in [-0.2, 0) is 0 Å². The third-order valence-electron chi connectivity index (χ3n) is 2.62. The van der Waals surface area contributed by atoms with Crippen LogP contribution in [0, 0.1) is 5.92 Å². The number of ketones is 1. The first-order valence-electron chi connectivity index (χ1n) is 5.21. The van der Waals surface area contributed by atoms with E-state index in [2.05, 4.69) is 10.3 Å². The SMILES string of the molecule is COc1ccc(C(=O)C2CN=CNC2)cc1.Cl. The Bertz CT molecular complexity index is 403. The second-order valence-corrected chi connectivity index (χ2v) is 3.69. The van der Waals surface area contributed by atoms with Crippen LogP contribution in [0.25, 0.3) is 0 Å². The molecule has 0 fully saturated rings. The van der Waals surface area contributed by atoms with Gasteiger partial charge in [0, 0.05) is 12.1 Å². The van der Waals surface area contributed by atoms with E-state index in [-0.39, 0.29) is 24.1 Å². The molecule has 1 aliphatic rings. The van der Waals surface area contributed by atoms with Gasteiger partial charge >= 0.3 is 0 Å². The summed E-state index contributed by atoms with van der Waals surface area (Å²) in [6.45, 7) is 1.23. The Balaban J connectivity index is 0.00000144. The number of carbonyl (C=O) groups excluding carboxylic acids is 1. The van der Waals surface area contributed by atoms with E-state index in [4.69, 9.17) is 4.74 Å². The number of ether oxygens (including phenoxy) is 1. The molecule has 1 N–H and O–H groups in total. The molecular weight excluding hydrogens is 240 g/mol. The standard InChI is InChI=1S/C12H14N2O2.ClH/c1-16-11-4-2-9(3-5-11)12(15)10-6-13-8-14-7-10;/h2-5,8,10H,6-7H2,1H3,(H,13,14);1H. The highest BCUT2D eigenvalue weighted by atomic mass is 35.5. The lowest BCUT2D eigenvalue weighted by atomic mass is 9.97. The largest absolute Gasteiger partial charge is 0.497 e. The second-order valence-electron chi connectivity index (χ2n) is 3.69. The van der Waals surface area contributed by atoms with Gasteiger partial charge in [0.1, 0.15) is 5.75 Å². The van der Waals surface area contributed by atoms with E-state index >= 15 is 0 Å². The van der Waals surface area contributed by atoms with Crippen molar-refractivity contribution in [2.75, 3.05) is 20.2 Å². The maximum atomic E-state index is 12.0. The predicted octanol–water partition coefficient (Wildman–Crippen LogP) is 1.55. The fraction of sp³-hybridized carbons (Fsp3) is 0.333. The van der Waals surface area contributed by atoms with Gasteiger partial charge in [0.05, 0.1) is 25.9 Å². The molecule has 1 aromatic carbocycles. The van der Waals surface area contributed by atoms with Gasteiger partial charge in [-0.2, -0.15) is 0 Å². The van der Waals surface area contributed by atoms with Crippen molar-refractivity contribution in [3.8, 4) is 5.75 Å². The van der Waals surface area contributed by atoms with Crippen LogP contribution in [0.2, 0.25) is 0 Å². The molecule has 1 aromatic rings. The number of nitrogens with zero attached hydrogens (tertiary/aromatic N) is 1. The first kappa shape index (κ1) is 13.5. The first-order valence-corrected chi connectivity index (χ1v) is 5.21. The van der Waals surface area contributed by atoms with Crippen molar-refractivity contribution in [3.63, 3.8) is 0 Å². The molecule has 1 atom stereocenters. The van der Waals surface area contributed by atoms with Gasteiger partial charge in [0.25, 0.3) is 0 Å². The van der Waals surface area contributed by atoms with Crippen molar-refractivity contribution < 1.29 is 9.53 Å². The van der Waals surface area contributed by atoms with Crippen molar-refractivity contribution in [2.45, 2.75) is 0 Å². The van der Waals surface area contributed by atoms with E-state index in [1.807, 2.05) is 0 Å². The molecule has 2 rings (SSSR count). The highest BCUT2D eigenvalue weighted by Crippen LogP contribution is 2.15. The zero-order valence-electron chi connectivity index (χ0n) is 9.55. The number of methoxy groups -OCH3 is 1. The molecular formula is C12H15ClN2O2. The van der Waals surface area contributed by atoms with Gasteiger partial charge in [-0.25, -0.2) is 0 Å². The van der Waals surface area contributed by atoms with Crippen molar-refractivity contribution >= 4 is 24.5 Å². The molecule has 17 heavy (non-hydrogen) atoms. The molecule has 1 unspecified atom stereocenters. The Kier molecular flexibility index (Phi) is 4.97. The van der Waals surface area contributed by atoms with Gasteiger partial charge in [0.2, 0.25) is 0 Å². The molecule has 0 radical (unpaired) electrons. The smallest absolute Gasteiger partial charge is 0.169 e. The van der Waals surface area contributed by atoms with Crippen LogP contribution in [0.5, 0.6) is 5.75 Å². The van der Waals surface area contributed by atoms with Crippen molar-refractivity contribution in [1.29, 1.82) is 0 Å². The Morgan fingerprint density at radius 1 is 1.41 bits per heavy atom. The summed E-state index contributed by atoms with van der Waals surface area (Å²) >= 11 is 0. The normalized spacial score (nSPS) is 17.8. The second kappa shape index (κ2) is 6.25. The minimum atomic E-state index is -0.0570. The van der Waals surface area contributed by atoms with Crippen LogP contribution >= 0.6 is 12.4 Å². The summed E-state index contributed by atoms with van der Waals surface area (Å²) < 4.78 is 5.05. The van der Waals surface area contributed by atoms with E-state index in [0.717, 1.165) is 5.75 Å². The molecule has 92 valence electrons. The van der Waals surface area contributed by atoms with Crippen molar-refractivity contribution in [2.24, 2.45) is 10.9 Å². The van der Waals surface area contributed by atoms with E-state index in [1.54, 1.807) is 37.7 Å². The highest BCUT2D eigenvalue weighted by Gasteiger charge is 2.20. The van der Waals surface area contributed by atoms with Crippen LogP contribution in [0.1, 0.15) is 10.4 Å². The van der Waals surface area contributed by atoms with E-state index in [1.165, 1.54) is 0 Å². The van der Waals surface area contributed by atoms with Gasteiger partial charge in [0.15, 0.2) is 5.78 Å². The quantitative estimate of drug-likeness (QED) is 0.833. The van der Waals surface area contributed by atoms with Crippen LogP contribution in [0.4, 0.5) is 0 Å². The van der Waals surface area contributed by atoms with Gasteiger partial charge in [-0.3, -0.25) is 9.79 Å². The third-order valence-corrected chi connectivity index (χ3v) is 2.62. The Morgan fingerprint density at radius 3 is 2.65 bits per heavy atom. The zero-order chi connectivity index (χ0) is 11.4. The number of rotatable bonds is 3. The fourth-order valence-electron chi connectivity index (χ4n) is 1.67. The van der Waals surface area contributed by atoms with Crippen LogP contribution in [-0.4, -0.2) is 32.3 Å². The molecule has 1 aliphatic heterocycles. The molecule has 0 aliphatic carbocycles. The monoisotopic (exact) mass is 254 g/mol. The summed E-state index contributed by atoms with van der Waals surface area (Å²) in [6.07, 6.45) is 1.65. The number of aliphatic imine (C=N–C) groups is 1. The van der Waals surface area contributed by atoms with Gasteiger partial charge < -0.3 is 10.1 Å². The maximum Gasteiger partial charge on any atom is 0.169 e. The minimum Gasteiger partial charge on any atom is -0.497 e. The Morgan fingerprint density at radius 2 is 2.12 bits per heavy atom. The summed E-state index contributed by atoms with van der Waals surface area (Å²) in [7, 11) is 1.61. The topological polar surface area (TPSA) is 50.7 Å². The van der Waals surface area contributed by atoms with Crippen LogP contribution in [0.15, 0.2) is 29.3 Å². The Labute approximate surface area is 106 Å². The number of benzene rings is 1. The lowest BCUT2D eigenvalue weighted by molar-refractivity contribution is 0.0924. The summed E-state index contributed by atoms with van der Waals surface area (Å²) in [6, 6.07) is 7.18. The molecule has 0 spiro atoms. The third kappa shape index (κ3) is 3.20. The number of hydrogen-bond donors (Lipinski definition) is 1. The lowest BCUT2D eigenvalue weighted by Gasteiger charge is -2.17. The van der Waals surface area contributed by atoms with Gasteiger partial charge in [-0.05, 0) is 24.3 Å². The Hall–Kier alpha value is -1.55. The average Bonchev–Trinajstić information content (AvgIpc) is 2.39. The minimum absolute atomic E-state index is 0. The van der Waals surface area contributed by atoms with Gasteiger partial charge in [-0.15, -0.1) is 12.4 Å². The molecule has 0 saturated carbocycles. The van der Waals surface area contributed by atoms with Crippen LogP contribution in [0.3, 0.4) is 0 Å². The molecule has 1 heterocycles. The molecule has 0 saturated heterocycles. The fourth-order valence-corrected chi connectivity index (χ4v) is 1.67. The van der Waals surface area contributed by atoms with Crippen molar-refractivity contribution in [3.05, 3.63) is 29.8 Å². The van der Waals surface area contributed by atoms with E-state index in [0.29, 0.717) is 18.7 Å². The summed E-state index contributed by atoms with van der Waals surface area (Å²) in [5, 5.41) is 2.97. The first-order chi connectivity index (χ1) is 7.81. The number of nitrogens with one attached hydrogen (secondary N) is 1. The summed E-state index contributed by atoms with van der Waals surface area (Å²) in [4.78, 5) is 16.1. The number of Topliss-reactive ketones (excluding diaryl/α,β-unsaturated/α-hetero) is 1. The molecule has 0 aromatic heterocycles. The highest BCUT2D eigenvalue weighted by molar-refractivity contribution is 5.98. The number of hydrogen-bond acceptors (Lipinski definition) is 4.